The summed E-state index contributed by atoms with van der Waals surface area (Å²) in [4.78, 5) is 4.89. The second-order valence-corrected chi connectivity index (χ2v) is 24.0. The number of hydrogen-bond acceptors (Lipinski definition) is 2. The Morgan fingerprint density at radius 1 is 0.226 bits per heavy atom. The Labute approximate surface area is 491 Å². The predicted octanol–water partition coefficient (Wildman–Crippen LogP) is 22.9. The van der Waals surface area contributed by atoms with E-state index < -0.39 is 0 Å². The predicted molar refractivity (Wildman–Crippen MR) is 357 cm³/mol. The molecule has 0 amide bonds. The topological polar surface area (TPSA) is 6.48 Å². The van der Waals surface area contributed by atoms with E-state index >= 15 is 0 Å². The van der Waals surface area contributed by atoms with Crippen LogP contribution in [0.4, 0.5) is 34.1 Å². The third-order valence-corrected chi connectivity index (χ3v) is 18.6. The lowest BCUT2D eigenvalue weighted by Crippen LogP contribution is -2.23. The van der Waals surface area contributed by atoms with E-state index in [1.807, 2.05) is 0 Å². The van der Waals surface area contributed by atoms with E-state index in [-0.39, 0.29) is 10.8 Å². The third-order valence-electron chi connectivity index (χ3n) is 18.6. The van der Waals surface area contributed by atoms with Crippen LogP contribution >= 0.6 is 0 Å². The standard InChI is InChI=1S/C82H60N2/c1-81(2)74-32-17-16-30-66(74)67-45-41-65(52-77(67)81)84(62-39-36-55(37-40-62)53-20-8-5-9-21-53)64-43-47-70-73(51-64)79(59-38-44-68-69-31-18-24-56-25-19-33-75(80(56)69)82(3,4)76(68)49-59)71-46-42-63(83(60-26-10-6-11-27-60)61-28-12-7-13-29-61)50-72(71)78(70)58-35-34-54-22-14-15-23-57(54)48-58/h5-52H,1-4H3. The molecule has 2 aliphatic carbocycles. The lowest BCUT2D eigenvalue weighted by molar-refractivity contribution is 0.645. The zero-order valence-corrected chi connectivity index (χ0v) is 47.6. The van der Waals surface area contributed by atoms with Gasteiger partial charge in [-0.05, 0) is 206 Å². The number of nitrogens with zero attached hydrogens (tertiary/aromatic N) is 2. The van der Waals surface area contributed by atoms with Crippen LogP contribution in [0.25, 0.3) is 98.7 Å². The fourth-order valence-corrected chi connectivity index (χ4v) is 14.4. The molecule has 0 fully saturated rings. The molecule has 84 heavy (non-hydrogen) atoms. The van der Waals surface area contributed by atoms with Gasteiger partial charge in [0.2, 0.25) is 0 Å². The molecule has 0 heterocycles. The third kappa shape index (κ3) is 7.78. The summed E-state index contributed by atoms with van der Waals surface area (Å²) in [7, 11) is 0. The Bertz CT molecular complexity index is 4890. The average molecular weight is 1070 g/mol. The lowest BCUT2D eigenvalue weighted by Gasteiger charge is -2.35. The summed E-state index contributed by atoms with van der Waals surface area (Å²) in [5.41, 5.74) is 23.9. The zero-order chi connectivity index (χ0) is 56.3. The highest BCUT2D eigenvalue weighted by molar-refractivity contribution is 6.23. The molecule has 2 aliphatic rings. The van der Waals surface area contributed by atoms with Crippen LogP contribution in [0.3, 0.4) is 0 Å². The molecule has 0 spiro atoms. The van der Waals surface area contributed by atoms with Crippen molar-refractivity contribution in [1.29, 1.82) is 0 Å². The summed E-state index contributed by atoms with van der Waals surface area (Å²) in [5.74, 6) is 0. The monoisotopic (exact) mass is 1070 g/mol. The van der Waals surface area contributed by atoms with Gasteiger partial charge in [0.05, 0.1) is 0 Å². The first kappa shape index (κ1) is 49.5. The lowest BCUT2D eigenvalue weighted by atomic mass is 9.68. The van der Waals surface area contributed by atoms with Crippen LogP contribution in [0.1, 0.15) is 49.9 Å². The van der Waals surface area contributed by atoms with Crippen molar-refractivity contribution in [2.45, 2.75) is 38.5 Å². The van der Waals surface area contributed by atoms with Crippen molar-refractivity contribution in [2.24, 2.45) is 0 Å². The van der Waals surface area contributed by atoms with Crippen LogP contribution in [-0.4, -0.2) is 0 Å². The van der Waals surface area contributed by atoms with Gasteiger partial charge >= 0.3 is 0 Å². The molecular formula is C82H60N2. The molecule has 0 saturated heterocycles. The molecule has 14 aromatic rings. The molecule has 0 N–H and O–H groups in total. The van der Waals surface area contributed by atoms with Crippen molar-refractivity contribution in [3.8, 4) is 55.6 Å². The summed E-state index contributed by atoms with van der Waals surface area (Å²) in [6, 6.07) is 109. The van der Waals surface area contributed by atoms with Gasteiger partial charge in [-0.2, -0.15) is 0 Å². The average Bonchev–Trinajstić information content (AvgIpc) is 1.44. The number of rotatable bonds is 9. The Morgan fingerprint density at radius 2 is 0.643 bits per heavy atom. The van der Waals surface area contributed by atoms with E-state index in [1.165, 1.54) is 121 Å². The fourth-order valence-electron chi connectivity index (χ4n) is 14.4. The van der Waals surface area contributed by atoms with Crippen LogP contribution in [0.5, 0.6) is 0 Å². The first-order valence-corrected chi connectivity index (χ1v) is 29.5. The number of benzene rings is 14. The number of hydrogen-bond donors (Lipinski definition) is 0. The first-order valence-electron chi connectivity index (χ1n) is 29.5. The summed E-state index contributed by atoms with van der Waals surface area (Å²) in [5, 5.41) is 9.84. The molecule has 0 unspecified atom stereocenters. The molecule has 0 bridgehead atoms. The van der Waals surface area contributed by atoms with E-state index in [4.69, 9.17) is 0 Å². The van der Waals surface area contributed by atoms with E-state index in [1.54, 1.807) is 0 Å². The molecule has 16 rings (SSSR count). The maximum atomic E-state index is 2.54. The van der Waals surface area contributed by atoms with Crippen LogP contribution in [0.2, 0.25) is 0 Å². The largest absolute Gasteiger partial charge is 0.310 e. The van der Waals surface area contributed by atoms with Crippen LogP contribution in [0, 0.1) is 0 Å². The van der Waals surface area contributed by atoms with Gasteiger partial charge < -0.3 is 9.80 Å². The summed E-state index contributed by atoms with van der Waals surface area (Å²) < 4.78 is 0. The van der Waals surface area contributed by atoms with Crippen molar-refractivity contribution in [3.05, 3.63) is 313 Å². The van der Waals surface area contributed by atoms with Crippen molar-refractivity contribution in [3.63, 3.8) is 0 Å². The van der Waals surface area contributed by atoms with Crippen molar-refractivity contribution in [2.75, 3.05) is 9.80 Å². The molecule has 2 heteroatoms. The van der Waals surface area contributed by atoms with Gasteiger partial charge in [0.25, 0.3) is 0 Å². The number of fused-ring (bicyclic) bond motifs is 8. The minimum atomic E-state index is -0.274. The number of para-hydroxylation sites is 2. The zero-order valence-electron chi connectivity index (χ0n) is 47.6. The molecule has 0 aliphatic heterocycles. The quantitative estimate of drug-likeness (QED) is 0.133. The van der Waals surface area contributed by atoms with Crippen molar-refractivity contribution >= 4 is 77.2 Å². The highest BCUT2D eigenvalue weighted by atomic mass is 15.1. The Hall–Kier alpha value is -10.3. The summed E-state index contributed by atoms with van der Waals surface area (Å²) in [6.45, 7) is 9.60. The van der Waals surface area contributed by atoms with Crippen molar-refractivity contribution < 1.29 is 0 Å². The van der Waals surface area contributed by atoms with Crippen molar-refractivity contribution in [1.82, 2.24) is 0 Å². The van der Waals surface area contributed by atoms with E-state index in [0.29, 0.717) is 0 Å². The fraction of sp³-hybridized carbons (Fsp3) is 0.0732. The minimum Gasteiger partial charge on any atom is -0.310 e. The highest BCUT2D eigenvalue weighted by Crippen LogP contribution is 2.55. The maximum Gasteiger partial charge on any atom is 0.0468 e. The Morgan fingerprint density at radius 3 is 1.33 bits per heavy atom. The molecular weight excluding hydrogens is 1010 g/mol. The van der Waals surface area contributed by atoms with Gasteiger partial charge in [-0.1, -0.05) is 234 Å². The van der Waals surface area contributed by atoms with Gasteiger partial charge in [0.1, 0.15) is 0 Å². The highest BCUT2D eigenvalue weighted by Gasteiger charge is 2.37. The van der Waals surface area contributed by atoms with Gasteiger partial charge in [-0.25, -0.2) is 0 Å². The van der Waals surface area contributed by atoms with Gasteiger partial charge in [0, 0.05) is 45.0 Å². The summed E-state index contributed by atoms with van der Waals surface area (Å²) >= 11 is 0. The smallest absolute Gasteiger partial charge is 0.0468 e. The molecule has 0 aromatic heterocycles. The number of anilines is 6. The Kier molecular flexibility index (Phi) is 11.3. The Balaban J connectivity index is 1.00. The maximum absolute atomic E-state index is 2.54. The van der Waals surface area contributed by atoms with E-state index in [9.17, 15) is 0 Å². The van der Waals surface area contributed by atoms with Gasteiger partial charge in [-0.15, -0.1) is 0 Å². The molecule has 0 saturated carbocycles. The molecule has 14 aromatic carbocycles. The minimum absolute atomic E-state index is 0.184. The second-order valence-electron chi connectivity index (χ2n) is 24.0. The summed E-state index contributed by atoms with van der Waals surface area (Å²) in [6.07, 6.45) is 0. The van der Waals surface area contributed by atoms with Gasteiger partial charge in [0.15, 0.2) is 0 Å². The molecule has 0 radical (unpaired) electrons. The van der Waals surface area contributed by atoms with Crippen LogP contribution in [-0.2, 0) is 10.8 Å². The van der Waals surface area contributed by atoms with E-state index in [2.05, 4.69) is 329 Å². The van der Waals surface area contributed by atoms with E-state index in [0.717, 1.165) is 34.1 Å². The SMILES string of the molecule is CC1(C)c2ccccc2-c2ccc(N(c3ccc(-c4ccccc4)cc3)c3ccc4c(-c5ccc6ccccc6c5)c5cc(N(c6ccccc6)c6ccccc6)ccc5c(-c5ccc6c(c5)C(C)(C)c5cccc7cccc-6c57)c4c3)cc21. The first-order chi connectivity index (χ1) is 41.2. The second kappa shape index (κ2) is 19.2. The molecule has 0 atom stereocenters. The van der Waals surface area contributed by atoms with Crippen LogP contribution in [0.15, 0.2) is 291 Å². The van der Waals surface area contributed by atoms with Crippen LogP contribution < -0.4 is 9.80 Å². The molecule has 2 nitrogen and oxygen atoms in total. The molecule has 398 valence electrons. The van der Waals surface area contributed by atoms with Gasteiger partial charge in [-0.3, -0.25) is 0 Å². The normalized spacial score (nSPS) is 13.4.